The maximum atomic E-state index is 12.1. The Balaban J connectivity index is 1.65. The molecule has 6 nitrogen and oxygen atoms in total. The van der Waals surface area contributed by atoms with Crippen LogP contribution in [0.1, 0.15) is 56.5 Å². The number of aryl methyl sites for hydroxylation is 1. The molecule has 2 heterocycles. The van der Waals surface area contributed by atoms with Crippen molar-refractivity contribution in [2.24, 2.45) is 0 Å². The van der Waals surface area contributed by atoms with Gasteiger partial charge < -0.3 is 25.2 Å². The highest BCUT2D eigenvalue weighted by Crippen LogP contribution is 2.50. The van der Waals surface area contributed by atoms with Crippen molar-refractivity contribution in [2.45, 2.75) is 52.4 Å². The van der Waals surface area contributed by atoms with Crippen LogP contribution in [0.2, 0.25) is 0 Å². The number of nitrogens with one attached hydrogen (secondary N) is 2. The molecule has 1 aliphatic heterocycles. The highest BCUT2D eigenvalue weighted by atomic mass is 32.1. The van der Waals surface area contributed by atoms with Gasteiger partial charge >= 0.3 is 6.09 Å². The van der Waals surface area contributed by atoms with Crippen molar-refractivity contribution in [3.05, 3.63) is 58.5 Å². The second-order valence-corrected chi connectivity index (χ2v) is 10.6. The average Bonchev–Trinajstić information content (AvgIpc) is 3.23. The lowest BCUT2D eigenvalue weighted by Crippen LogP contribution is -2.34. The summed E-state index contributed by atoms with van der Waals surface area (Å²) in [6, 6.07) is 12.3. The molecular formula is C27H32N2O4S. The molecule has 0 bridgehead atoms. The Morgan fingerprint density at radius 1 is 1.26 bits per heavy atom. The summed E-state index contributed by atoms with van der Waals surface area (Å²) in [5.41, 5.74) is 6.54. The van der Waals surface area contributed by atoms with Crippen molar-refractivity contribution in [2.75, 3.05) is 19.0 Å². The highest BCUT2D eigenvalue weighted by Gasteiger charge is 2.29. The lowest BCUT2D eigenvalue weighted by atomic mass is 9.90. The van der Waals surface area contributed by atoms with Gasteiger partial charge in [-0.25, -0.2) is 4.79 Å². The lowest BCUT2D eigenvalue weighted by molar-refractivity contribution is 0.0525. The Morgan fingerprint density at radius 2 is 2.03 bits per heavy atom. The number of rotatable bonds is 5. The van der Waals surface area contributed by atoms with Gasteiger partial charge in [-0.2, -0.15) is 0 Å². The summed E-state index contributed by atoms with van der Waals surface area (Å²) >= 11 is 1.62. The maximum absolute atomic E-state index is 12.1. The molecule has 7 heteroatoms. The summed E-state index contributed by atoms with van der Waals surface area (Å²) in [4.78, 5) is 13.2. The largest absolute Gasteiger partial charge is 0.497 e. The summed E-state index contributed by atoms with van der Waals surface area (Å²) in [6.45, 7) is 10.1. The highest BCUT2D eigenvalue weighted by molar-refractivity contribution is 7.14. The molecule has 2 aromatic carbocycles. The van der Waals surface area contributed by atoms with Gasteiger partial charge in [-0.3, -0.25) is 0 Å². The molecule has 0 saturated carbocycles. The Hall–Kier alpha value is -3.03. The molecule has 34 heavy (non-hydrogen) atoms. The quantitative estimate of drug-likeness (QED) is 0.391. The summed E-state index contributed by atoms with van der Waals surface area (Å²) < 4.78 is 10.9. The average molecular weight is 481 g/mol. The molecule has 2 unspecified atom stereocenters. The number of ether oxygens (including phenoxy) is 2. The molecule has 0 spiro atoms. The van der Waals surface area contributed by atoms with E-state index in [0.717, 1.165) is 49.7 Å². The summed E-state index contributed by atoms with van der Waals surface area (Å²) in [5, 5.41) is 18.9. The molecule has 0 fully saturated rings. The van der Waals surface area contributed by atoms with Gasteiger partial charge in [0.25, 0.3) is 0 Å². The number of carbonyl (C=O) groups excluding carboxylic acids is 1. The van der Waals surface area contributed by atoms with Crippen LogP contribution in [0, 0.1) is 6.92 Å². The molecule has 1 aliphatic rings. The van der Waals surface area contributed by atoms with Crippen LogP contribution in [-0.2, 0) is 4.74 Å². The van der Waals surface area contributed by atoms with Crippen LogP contribution in [0.4, 0.5) is 10.5 Å². The number of anilines is 1. The number of fused-ring (bicyclic) bond motifs is 3. The first-order valence-electron chi connectivity index (χ1n) is 11.4. The second-order valence-electron chi connectivity index (χ2n) is 9.72. The number of aliphatic hydroxyl groups excluding tert-OH is 1. The third-order valence-electron chi connectivity index (χ3n) is 5.88. The van der Waals surface area contributed by atoms with E-state index in [1.807, 2.05) is 51.3 Å². The molecule has 0 saturated heterocycles. The van der Waals surface area contributed by atoms with Crippen molar-refractivity contribution in [1.29, 1.82) is 0 Å². The lowest BCUT2D eigenvalue weighted by Gasteiger charge is -2.27. The Labute approximate surface area is 204 Å². The number of thiophene rings is 1. The minimum absolute atomic E-state index is 0.102. The minimum Gasteiger partial charge on any atom is -0.497 e. The number of alkyl carbamates (subject to hydrolysis) is 1. The monoisotopic (exact) mass is 480 g/mol. The first-order valence-corrected chi connectivity index (χ1v) is 12.3. The van der Waals surface area contributed by atoms with Crippen molar-refractivity contribution < 1.29 is 19.4 Å². The van der Waals surface area contributed by atoms with Gasteiger partial charge in [-0.1, -0.05) is 25.1 Å². The van der Waals surface area contributed by atoms with E-state index in [1.165, 1.54) is 0 Å². The summed E-state index contributed by atoms with van der Waals surface area (Å²) in [5.74, 6) is 0.887. The van der Waals surface area contributed by atoms with E-state index in [1.54, 1.807) is 18.4 Å². The van der Waals surface area contributed by atoms with Gasteiger partial charge in [0.15, 0.2) is 6.23 Å². The number of methoxy groups -OCH3 is 1. The van der Waals surface area contributed by atoms with Crippen LogP contribution in [0.3, 0.4) is 0 Å². The fourth-order valence-electron chi connectivity index (χ4n) is 4.19. The molecule has 2 atom stereocenters. The van der Waals surface area contributed by atoms with E-state index < -0.39 is 17.9 Å². The molecule has 0 radical (unpaired) electrons. The first-order chi connectivity index (χ1) is 16.1. The zero-order valence-electron chi connectivity index (χ0n) is 20.5. The van der Waals surface area contributed by atoms with Gasteiger partial charge in [-0.15, -0.1) is 11.3 Å². The van der Waals surface area contributed by atoms with Crippen molar-refractivity contribution in [1.82, 2.24) is 5.32 Å². The van der Waals surface area contributed by atoms with E-state index in [9.17, 15) is 9.90 Å². The number of hydrogen-bond acceptors (Lipinski definition) is 6. The van der Waals surface area contributed by atoms with Crippen LogP contribution in [0.15, 0.2) is 41.8 Å². The molecular weight excluding hydrogens is 448 g/mol. The molecule has 1 aromatic heterocycles. The van der Waals surface area contributed by atoms with Crippen LogP contribution in [0.5, 0.6) is 5.75 Å². The third-order valence-corrected chi connectivity index (χ3v) is 6.93. The van der Waals surface area contributed by atoms with Gasteiger partial charge in [0.05, 0.1) is 7.11 Å². The van der Waals surface area contributed by atoms with E-state index >= 15 is 0 Å². The molecule has 180 valence electrons. The third kappa shape index (κ3) is 4.91. The second kappa shape index (κ2) is 9.31. The Morgan fingerprint density at radius 3 is 2.74 bits per heavy atom. The van der Waals surface area contributed by atoms with Crippen molar-refractivity contribution in [3.8, 4) is 27.3 Å². The number of amides is 1. The van der Waals surface area contributed by atoms with Crippen molar-refractivity contribution in [3.63, 3.8) is 0 Å². The number of benzene rings is 2. The smallest absolute Gasteiger partial charge is 0.407 e. The number of carbonyl (C=O) groups is 1. The van der Waals surface area contributed by atoms with E-state index in [-0.39, 0.29) is 5.92 Å². The minimum atomic E-state index is -0.764. The van der Waals surface area contributed by atoms with Crippen LogP contribution in [0.25, 0.3) is 21.6 Å². The molecule has 0 aliphatic carbocycles. The number of aliphatic hydroxyl groups is 1. The summed E-state index contributed by atoms with van der Waals surface area (Å²) in [7, 11) is 1.66. The molecule has 4 rings (SSSR count). The first kappa shape index (κ1) is 24.1. The zero-order chi connectivity index (χ0) is 24.6. The van der Waals surface area contributed by atoms with E-state index in [0.29, 0.717) is 6.54 Å². The van der Waals surface area contributed by atoms with Gasteiger partial charge in [0, 0.05) is 33.8 Å². The molecule has 1 amide bonds. The zero-order valence-corrected chi connectivity index (χ0v) is 21.3. The van der Waals surface area contributed by atoms with Gasteiger partial charge in [0.1, 0.15) is 11.4 Å². The van der Waals surface area contributed by atoms with Crippen LogP contribution in [-0.4, -0.2) is 30.5 Å². The Kier molecular flexibility index (Phi) is 6.60. The van der Waals surface area contributed by atoms with E-state index in [4.69, 9.17) is 9.47 Å². The van der Waals surface area contributed by atoms with Gasteiger partial charge in [-0.05, 0) is 73.9 Å². The van der Waals surface area contributed by atoms with Crippen molar-refractivity contribution >= 4 is 23.1 Å². The standard InChI is InChI=1S/C27H32N2O4S/c1-15-10-19(32-6)12-20-22-21(25(30)29-23(15)20)14-34-24(22)18-9-7-8-17(11-18)16(2)13-28-26(31)33-27(3,4)5/h7-12,14,16,25,29-30H,13H2,1-6H3,(H,28,31). The van der Waals surface area contributed by atoms with Crippen LogP contribution < -0.4 is 15.4 Å². The normalized spacial score (nSPS) is 15.6. The maximum Gasteiger partial charge on any atom is 0.407 e. The Bertz CT molecular complexity index is 1210. The SMILES string of the molecule is COc1cc(C)c2c(c1)-c1c(csc1-c1cccc(C(C)CNC(=O)OC(C)(C)C)c1)C(O)N2. The fourth-order valence-corrected chi connectivity index (χ4v) is 5.29. The van der Waals surface area contributed by atoms with Crippen LogP contribution >= 0.6 is 11.3 Å². The topological polar surface area (TPSA) is 79.8 Å². The molecule has 3 N–H and O–H groups in total. The predicted octanol–water partition coefficient (Wildman–Crippen LogP) is 6.44. The molecule has 3 aromatic rings. The predicted molar refractivity (Wildman–Crippen MR) is 138 cm³/mol. The number of hydrogen-bond donors (Lipinski definition) is 3. The van der Waals surface area contributed by atoms with E-state index in [2.05, 4.69) is 35.8 Å². The van der Waals surface area contributed by atoms with Gasteiger partial charge in [0.2, 0.25) is 0 Å². The summed E-state index contributed by atoms with van der Waals surface area (Å²) in [6.07, 6.45) is -1.18. The fraction of sp³-hybridized carbons (Fsp3) is 0.370.